The number of aromatic hydroxyl groups is 2. The predicted molar refractivity (Wildman–Crippen MR) is 193 cm³/mol. The maximum absolute atomic E-state index is 12.0. The molecule has 0 amide bonds. The molecule has 2 N–H and O–H groups in total. The average molecular weight is 829 g/mol. The van der Waals surface area contributed by atoms with E-state index in [0.717, 1.165) is 0 Å². The number of rotatable bonds is 12. The van der Waals surface area contributed by atoms with E-state index in [0.29, 0.717) is 22.3 Å². The van der Waals surface area contributed by atoms with Gasteiger partial charge in [-0.05, 0) is 82.6 Å². The molecule has 0 radical (unpaired) electrons. The van der Waals surface area contributed by atoms with Crippen LogP contribution in [0.3, 0.4) is 0 Å². The molecule has 16 heteroatoms. The van der Waals surface area contributed by atoms with Gasteiger partial charge in [0.05, 0.1) is 23.0 Å². The van der Waals surface area contributed by atoms with E-state index in [-0.39, 0.29) is 160 Å². The third-order valence-electron chi connectivity index (χ3n) is 6.85. The van der Waals surface area contributed by atoms with Gasteiger partial charge in [-0.25, -0.2) is 26.4 Å². The van der Waals surface area contributed by atoms with Gasteiger partial charge in [-0.1, -0.05) is 88.4 Å². The van der Waals surface area contributed by atoms with Crippen LogP contribution in [0, 0.1) is 11.8 Å². The normalized spacial score (nSPS) is 11.4. The summed E-state index contributed by atoms with van der Waals surface area (Å²) in [6.45, 7) is 8.16. The third-order valence-corrected chi connectivity index (χ3v) is 8.55. The van der Waals surface area contributed by atoms with Crippen LogP contribution in [0.25, 0.3) is 24.3 Å². The van der Waals surface area contributed by atoms with Crippen LogP contribution in [0.5, 0.6) is 11.5 Å². The van der Waals surface area contributed by atoms with Crippen molar-refractivity contribution in [3.8, 4) is 11.5 Å². The summed E-state index contributed by atoms with van der Waals surface area (Å²) < 4.78 is 75.7. The van der Waals surface area contributed by atoms with Crippen LogP contribution >= 0.6 is 0 Å². The quantitative estimate of drug-likeness (QED) is 0.0870. The van der Waals surface area contributed by atoms with Crippen molar-refractivity contribution in [1.29, 1.82) is 0 Å². The van der Waals surface area contributed by atoms with Crippen molar-refractivity contribution in [2.45, 2.75) is 37.5 Å². The zero-order chi connectivity index (χ0) is 38.6. The second-order valence-corrected chi connectivity index (χ2v) is 15.0. The second kappa shape index (κ2) is 23.3. The molecule has 0 aromatic heterocycles. The van der Waals surface area contributed by atoms with E-state index >= 15 is 0 Å². The van der Waals surface area contributed by atoms with E-state index < -0.39 is 32.2 Å². The third kappa shape index (κ3) is 17.0. The first-order valence-corrected chi connectivity index (χ1v) is 18.6. The Labute approximate surface area is 401 Å². The predicted octanol–water partition coefficient (Wildman–Crippen LogP) is 0.567. The van der Waals surface area contributed by atoms with Crippen molar-refractivity contribution < 1.29 is 158 Å². The van der Waals surface area contributed by atoms with Gasteiger partial charge in [0.25, 0.3) is 0 Å². The number of hydrogen-bond acceptors (Lipinski definition) is 12. The van der Waals surface area contributed by atoms with Crippen molar-refractivity contribution in [3.63, 3.8) is 0 Å². The Hall–Kier alpha value is -2.01. The van der Waals surface area contributed by atoms with Crippen molar-refractivity contribution >= 4 is 56.5 Å². The Bertz CT molecular complexity index is 1990. The van der Waals surface area contributed by atoms with Crippen LogP contribution in [0.4, 0.5) is 0 Å². The Kier molecular flexibility index (Phi) is 21.6. The fourth-order valence-electron chi connectivity index (χ4n) is 4.16. The molecule has 276 valence electrons. The first kappa shape index (κ1) is 50.0. The Morgan fingerprint density at radius 2 is 0.833 bits per heavy atom. The van der Waals surface area contributed by atoms with Gasteiger partial charge in [0, 0.05) is 0 Å². The molecule has 0 unspecified atom stereocenters. The number of ether oxygens (including phenoxy) is 2. The topological polar surface area (TPSA) is 207 Å². The number of esters is 2. The van der Waals surface area contributed by atoms with Gasteiger partial charge in [0.1, 0.15) is 42.9 Å². The number of benzene rings is 4. The summed E-state index contributed by atoms with van der Waals surface area (Å²) in [5.41, 5.74) is 2.80. The van der Waals surface area contributed by atoms with E-state index in [1.54, 1.807) is 36.4 Å². The number of phenols is 2. The molecule has 0 atom stereocenters. The Balaban J connectivity index is 0.000000521. The van der Waals surface area contributed by atoms with Gasteiger partial charge in [-0.3, -0.25) is 0 Å². The number of carbonyl (C=O) groups is 2. The van der Waals surface area contributed by atoms with Crippen molar-refractivity contribution in [1.82, 2.24) is 0 Å². The molecule has 0 aliphatic carbocycles. The van der Waals surface area contributed by atoms with Crippen molar-refractivity contribution in [2.75, 3.05) is 13.2 Å². The van der Waals surface area contributed by atoms with Gasteiger partial charge < -0.3 is 28.8 Å². The summed E-state index contributed by atoms with van der Waals surface area (Å²) in [4.78, 5) is 23.5. The molecular weight excluding hydrogens is 791 g/mol. The van der Waals surface area contributed by atoms with Crippen molar-refractivity contribution in [3.05, 3.63) is 118 Å². The summed E-state index contributed by atoms with van der Waals surface area (Å²) in [6, 6.07) is 20.0. The molecule has 4 rings (SSSR count). The minimum absolute atomic E-state index is 0. The molecule has 0 spiro atoms. The summed E-state index contributed by atoms with van der Waals surface area (Å²) in [6.07, 6.45) is 6.77. The minimum atomic E-state index is -4.47. The smallest absolute Gasteiger partial charge is 0.744 e. The van der Waals surface area contributed by atoms with Crippen LogP contribution in [0.1, 0.15) is 70.7 Å². The summed E-state index contributed by atoms with van der Waals surface area (Å²) in [5.74, 6) is -1.16. The minimum Gasteiger partial charge on any atom is -0.744 e. The molecule has 0 aliphatic heterocycles. The van der Waals surface area contributed by atoms with Gasteiger partial charge in [-0.15, -0.1) is 0 Å². The molecule has 12 nitrogen and oxygen atoms in total. The van der Waals surface area contributed by atoms with Crippen LogP contribution in [0.15, 0.2) is 94.7 Å². The van der Waals surface area contributed by atoms with Crippen LogP contribution in [-0.4, -0.2) is 61.3 Å². The molecule has 0 fully saturated rings. The summed E-state index contributed by atoms with van der Waals surface area (Å²) >= 11 is 0. The van der Waals surface area contributed by atoms with E-state index in [9.17, 15) is 45.7 Å². The van der Waals surface area contributed by atoms with Crippen LogP contribution in [0.2, 0.25) is 0 Å². The zero-order valence-corrected chi connectivity index (χ0v) is 38.6. The molecule has 4 aromatic rings. The maximum atomic E-state index is 12.0. The number of carbonyl (C=O) groups excluding carboxylic acids is 2. The molecule has 0 bridgehead atoms. The van der Waals surface area contributed by atoms with Crippen LogP contribution in [-0.2, 0) is 29.7 Å². The molecule has 54 heavy (non-hydrogen) atoms. The first-order chi connectivity index (χ1) is 24.3. The van der Waals surface area contributed by atoms with Crippen LogP contribution < -0.4 is 103 Å². The average Bonchev–Trinajstić information content (AvgIpc) is 3.08. The SMILES string of the molecule is CC(C)COC(=O)c1cc(C=Cc2ccc(S(=O)(=O)[O-])cc2)ccc1O.CC(C)COC(=O)c1cc(C=Cc2ccc(S(=O)(=O)[O-])cc2)ccc1O.[K+].[K+]. The molecule has 0 saturated heterocycles. The van der Waals surface area contributed by atoms with E-state index in [1.165, 1.54) is 72.8 Å². The van der Waals surface area contributed by atoms with Gasteiger partial charge in [0.2, 0.25) is 0 Å². The zero-order valence-electron chi connectivity index (χ0n) is 30.8. The van der Waals surface area contributed by atoms with Gasteiger partial charge in [-0.2, -0.15) is 0 Å². The molecule has 0 aliphatic rings. The van der Waals surface area contributed by atoms with Gasteiger partial charge in [0.15, 0.2) is 0 Å². The largest absolute Gasteiger partial charge is 1.00 e. The van der Waals surface area contributed by atoms with Gasteiger partial charge >= 0.3 is 115 Å². The van der Waals surface area contributed by atoms with E-state index in [4.69, 9.17) is 9.47 Å². The Morgan fingerprint density at radius 1 is 0.556 bits per heavy atom. The Morgan fingerprint density at radius 3 is 1.11 bits per heavy atom. The van der Waals surface area contributed by atoms with Crippen molar-refractivity contribution in [2.24, 2.45) is 11.8 Å². The molecular formula is C38H38K2O12S2. The molecule has 0 saturated carbocycles. The number of phenolic OH excluding ortho intramolecular Hbond substituents is 2. The molecule has 4 aromatic carbocycles. The fourth-order valence-corrected chi connectivity index (χ4v) is 5.10. The fraction of sp³-hybridized carbons (Fsp3) is 0.211. The summed E-state index contributed by atoms with van der Waals surface area (Å²) in [5, 5.41) is 19.7. The maximum Gasteiger partial charge on any atom is 1.00 e. The monoisotopic (exact) mass is 828 g/mol. The molecule has 0 heterocycles. The van der Waals surface area contributed by atoms with E-state index in [2.05, 4.69) is 0 Å². The number of hydrogen-bond donors (Lipinski definition) is 2. The second-order valence-electron chi connectivity index (χ2n) is 12.3. The first-order valence-electron chi connectivity index (χ1n) is 15.8. The summed E-state index contributed by atoms with van der Waals surface area (Å²) in [7, 11) is -8.94. The standard InChI is InChI=1S/2C19H20O6S.2K/c2*1-13(2)12-25-19(21)17-11-15(7-10-18(17)20)4-3-14-5-8-16(9-6-14)26(22,23)24;;/h2*3-11,13,20H,12H2,1-2H3,(H,22,23,24);;/q;;2*+1/p-2. The van der Waals surface area contributed by atoms with E-state index in [1.807, 2.05) is 27.7 Å².